The van der Waals surface area contributed by atoms with Crippen LogP contribution in [0.3, 0.4) is 0 Å². The Morgan fingerprint density at radius 3 is 2.08 bits per heavy atom. The number of fused-ring (bicyclic) bond motifs is 1. The Kier molecular flexibility index (Phi) is 3.44. The van der Waals surface area contributed by atoms with E-state index in [9.17, 15) is 5.11 Å². The molecule has 3 heteroatoms. The topological polar surface area (TPSA) is 35.8 Å². The fraction of sp³-hybridized carbons (Fsp3) is 0.0952. The predicted molar refractivity (Wildman–Crippen MR) is 97.8 cm³/mol. The minimum atomic E-state index is -1.32. The molecule has 1 atom stereocenters. The molecule has 0 saturated carbocycles. The first kappa shape index (κ1) is 14.7. The molecular formula is C21H18N2O. The number of likely N-dealkylation sites (N-methyl/N-ethyl adjacent to an activating group) is 1. The highest BCUT2D eigenvalue weighted by molar-refractivity contribution is 6.12. The van der Waals surface area contributed by atoms with Gasteiger partial charge in [0.15, 0.2) is 0 Å². The standard InChI is InChI=1S/C21H18N2O/c1-23-19-15-9-8-14-18(19)22-20(16-10-4-2-5-11-16)21(23,24)17-12-6-3-7-13-17/h2-15,24H,1H3. The van der Waals surface area contributed by atoms with Crippen molar-refractivity contribution in [3.05, 3.63) is 96.1 Å². The Labute approximate surface area is 141 Å². The Balaban J connectivity index is 2.00. The van der Waals surface area contributed by atoms with Crippen molar-refractivity contribution in [2.45, 2.75) is 5.72 Å². The molecule has 24 heavy (non-hydrogen) atoms. The molecule has 3 aromatic carbocycles. The van der Waals surface area contributed by atoms with Gasteiger partial charge >= 0.3 is 0 Å². The number of hydrogen-bond donors (Lipinski definition) is 1. The number of nitrogens with zero attached hydrogens (tertiary/aromatic N) is 2. The summed E-state index contributed by atoms with van der Waals surface area (Å²) in [5.41, 5.74) is 2.78. The highest BCUT2D eigenvalue weighted by Gasteiger charge is 2.43. The van der Waals surface area contributed by atoms with Crippen LogP contribution < -0.4 is 4.90 Å². The van der Waals surface area contributed by atoms with Gasteiger partial charge in [-0.05, 0) is 12.1 Å². The molecule has 0 fully saturated rings. The molecule has 0 spiro atoms. The summed E-state index contributed by atoms with van der Waals surface area (Å²) in [5, 5.41) is 11.8. The molecule has 1 heterocycles. The summed E-state index contributed by atoms with van der Waals surface area (Å²) in [5.74, 6) is 0. The normalized spacial score (nSPS) is 19.6. The monoisotopic (exact) mass is 314 g/mol. The first-order chi connectivity index (χ1) is 11.7. The van der Waals surface area contributed by atoms with E-state index in [4.69, 9.17) is 4.99 Å². The zero-order valence-electron chi connectivity index (χ0n) is 13.4. The third-order valence-electron chi connectivity index (χ3n) is 4.51. The molecule has 3 aromatic rings. The van der Waals surface area contributed by atoms with Gasteiger partial charge in [-0.15, -0.1) is 0 Å². The summed E-state index contributed by atoms with van der Waals surface area (Å²) in [4.78, 5) is 6.72. The van der Waals surface area contributed by atoms with Gasteiger partial charge in [-0.1, -0.05) is 72.8 Å². The lowest BCUT2D eigenvalue weighted by Gasteiger charge is -2.43. The summed E-state index contributed by atoms with van der Waals surface area (Å²) < 4.78 is 0. The van der Waals surface area contributed by atoms with E-state index in [1.165, 1.54) is 0 Å². The maximum atomic E-state index is 11.8. The lowest BCUT2D eigenvalue weighted by molar-refractivity contribution is 0.111. The molecule has 4 rings (SSSR count). The van der Waals surface area contributed by atoms with Crippen LogP contribution in [-0.2, 0) is 5.72 Å². The smallest absolute Gasteiger partial charge is 0.209 e. The van der Waals surface area contributed by atoms with Gasteiger partial charge in [0.1, 0.15) is 5.71 Å². The second-order valence-corrected chi connectivity index (χ2v) is 5.91. The second kappa shape index (κ2) is 5.62. The Bertz CT molecular complexity index is 890. The largest absolute Gasteiger partial charge is 0.362 e. The van der Waals surface area contributed by atoms with Crippen molar-refractivity contribution in [3.63, 3.8) is 0 Å². The fourth-order valence-corrected chi connectivity index (χ4v) is 3.24. The Hall–Kier alpha value is -2.91. The van der Waals surface area contributed by atoms with E-state index in [2.05, 4.69) is 0 Å². The number of rotatable bonds is 2. The molecule has 0 amide bonds. The fourth-order valence-electron chi connectivity index (χ4n) is 3.24. The Morgan fingerprint density at radius 1 is 0.792 bits per heavy atom. The van der Waals surface area contributed by atoms with Crippen LogP contribution in [0.5, 0.6) is 0 Å². The van der Waals surface area contributed by atoms with Crippen molar-refractivity contribution in [1.82, 2.24) is 0 Å². The van der Waals surface area contributed by atoms with Gasteiger partial charge < -0.3 is 10.0 Å². The highest BCUT2D eigenvalue weighted by atomic mass is 16.3. The molecule has 0 bridgehead atoms. The van der Waals surface area contributed by atoms with Gasteiger partial charge in [0.2, 0.25) is 5.72 Å². The predicted octanol–water partition coefficient (Wildman–Crippen LogP) is 4.10. The molecule has 118 valence electrons. The van der Waals surface area contributed by atoms with Gasteiger partial charge in [-0.2, -0.15) is 0 Å². The number of anilines is 1. The number of aliphatic imine (C=N–C) groups is 1. The average molecular weight is 314 g/mol. The van der Waals surface area contributed by atoms with Crippen LogP contribution in [0, 0.1) is 0 Å². The highest BCUT2D eigenvalue weighted by Crippen LogP contribution is 2.43. The van der Waals surface area contributed by atoms with Gasteiger partial charge in [-0.25, -0.2) is 4.99 Å². The first-order valence-electron chi connectivity index (χ1n) is 7.96. The lowest BCUT2D eigenvalue weighted by atomic mass is 9.89. The second-order valence-electron chi connectivity index (χ2n) is 5.91. The minimum absolute atomic E-state index is 0.635. The summed E-state index contributed by atoms with van der Waals surface area (Å²) in [7, 11) is 1.91. The zero-order valence-corrected chi connectivity index (χ0v) is 13.4. The number of hydrogen-bond acceptors (Lipinski definition) is 3. The molecule has 0 aliphatic carbocycles. The minimum Gasteiger partial charge on any atom is -0.362 e. The van der Waals surface area contributed by atoms with Crippen molar-refractivity contribution < 1.29 is 5.11 Å². The summed E-state index contributed by atoms with van der Waals surface area (Å²) in [6.07, 6.45) is 0. The molecule has 1 aliphatic rings. The van der Waals surface area contributed by atoms with Crippen molar-refractivity contribution in [2.75, 3.05) is 11.9 Å². The molecule has 1 unspecified atom stereocenters. The van der Waals surface area contributed by atoms with Gasteiger partial charge in [0.05, 0.1) is 11.4 Å². The lowest BCUT2D eigenvalue weighted by Crippen LogP contribution is -2.52. The summed E-state index contributed by atoms with van der Waals surface area (Å²) in [6, 6.07) is 27.4. The SMILES string of the molecule is CN1c2ccccc2N=C(c2ccccc2)C1(O)c1ccccc1. The maximum absolute atomic E-state index is 11.8. The summed E-state index contributed by atoms with van der Waals surface area (Å²) >= 11 is 0. The third kappa shape index (κ3) is 2.14. The number of aliphatic hydroxyl groups is 1. The molecule has 3 nitrogen and oxygen atoms in total. The van der Waals surface area contributed by atoms with Gasteiger partial charge in [0, 0.05) is 18.2 Å². The van der Waals surface area contributed by atoms with Crippen LogP contribution in [0.25, 0.3) is 0 Å². The quantitative estimate of drug-likeness (QED) is 0.773. The molecule has 0 saturated heterocycles. The first-order valence-corrected chi connectivity index (χ1v) is 7.96. The van der Waals surface area contributed by atoms with Crippen LogP contribution >= 0.6 is 0 Å². The van der Waals surface area contributed by atoms with E-state index in [0.29, 0.717) is 5.71 Å². The third-order valence-corrected chi connectivity index (χ3v) is 4.51. The zero-order chi connectivity index (χ0) is 16.6. The van der Waals surface area contributed by atoms with Crippen LogP contribution in [0.15, 0.2) is 89.9 Å². The van der Waals surface area contributed by atoms with Crippen LogP contribution in [0.1, 0.15) is 11.1 Å². The van der Waals surface area contributed by atoms with E-state index in [1.54, 1.807) is 0 Å². The molecule has 1 N–H and O–H groups in total. The van der Waals surface area contributed by atoms with E-state index in [0.717, 1.165) is 22.5 Å². The van der Waals surface area contributed by atoms with Crippen LogP contribution in [0.4, 0.5) is 11.4 Å². The molecular weight excluding hydrogens is 296 g/mol. The summed E-state index contributed by atoms with van der Waals surface area (Å²) in [6.45, 7) is 0. The number of benzene rings is 3. The van der Waals surface area contributed by atoms with Crippen LogP contribution in [0.2, 0.25) is 0 Å². The van der Waals surface area contributed by atoms with Crippen LogP contribution in [-0.4, -0.2) is 17.9 Å². The van der Waals surface area contributed by atoms with E-state index in [1.807, 2.05) is 96.9 Å². The van der Waals surface area contributed by atoms with Gasteiger partial charge in [0.25, 0.3) is 0 Å². The van der Waals surface area contributed by atoms with E-state index < -0.39 is 5.72 Å². The van der Waals surface area contributed by atoms with Crippen molar-refractivity contribution in [2.24, 2.45) is 4.99 Å². The molecule has 0 aromatic heterocycles. The van der Waals surface area contributed by atoms with E-state index >= 15 is 0 Å². The maximum Gasteiger partial charge on any atom is 0.209 e. The van der Waals surface area contributed by atoms with Crippen molar-refractivity contribution >= 4 is 17.1 Å². The van der Waals surface area contributed by atoms with Crippen molar-refractivity contribution in [3.8, 4) is 0 Å². The van der Waals surface area contributed by atoms with Gasteiger partial charge in [-0.3, -0.25) is 0 Å². The molecule has 1 aliphatic heterocycles. The van der Waals surface area contributed by atoms with Crippen molar-refractivity contribution in [1.29, 1.82) is 0 Å². The number of para-hydroxylation sites is 2. The van der Waals surface area contributed by atoms with E-state index in [-0.39, 0.29) is 0 Å². The average Bonchev–Trinajstić information content (AvgIpc) is 2.66. The molecule has 0 radical (unpaired) electrons. The Morgan fingerprint density at radius 2 is 1.38 bits per heavy atom.